The molecule has 0 bridgehead atoms. The molecule has 0 amide bonds. The van der Waals surface area contributed by atoms with E-state index in [9.17, 15) is 9.59 Å². The van der Waals surface area contributed by atoms with Gasteiger partial charge in [0.05, 0.1) is 19.8 Å². The van der Waals surface area contributed by atoms with Crippen LogP contribution in [0.5, 0.6) is 0 Å². The van der Waals surface area contributed by atoms with Gasteiger partial charge in [0.2, 0.25) is 0 Å². The van der Waals surface area contributed by atoms with Crippen LogP contribution in [0.25, 0.3) is 0 Å². The lowest BCUT2D eigenvalue weighted by molar-refractivity contribution is -0.142. The molecule has 0 spiro atoms. The molecule has 0 unspecified atom stereocenters. The third-order valence-electron chi connectivity index (χ3n) is 1.94. The number of hydrogen-bond donors (Lipinski definition) is 1. The Labute approximate surface area is 118 Å². The molecule has 0 aliphatic carbocycles. The maximum atomic E-state index is 9.87. The quantitative estimate of drug-likeness (QED) is 0.541. The number of aliphatic carboxylic acids is 1. The summed E-state index contributed by atoms with van der Waals surface area (Å²) in [6.07, 6.45) is 0.622. The average Bonchev–Trinajstić information content (AvgIpc) is 2.45. The van der Waals surface area contributed by atoms with Crippen LogP contribution < -0.4 is 0 Å². The molecule has 1 rings (SSSR count). The third-order valence-corrected chi connectivity index (χ3v) is 1.94. The smallest absolute Gasteiger partial charge is 0.329 e. The molecule has 0 aliphatic rings. The summed E-state index contributed by atoms with van der Waals surface area (Å²) in [6, 6.07) is 10.1. The Balaban J connectivity index is 0.000000367. The Morgan fingerprint density at radius 1 is 1.20 bits per heavy atom. The first-order valence-electron chi connectivity index (χ1n) is 6.04. The van der Waals surface area contributed by atoms with E-state index in [1.807, 2.05) is 30.3 Å². The summed E-state index contributed by atoms with van der Waals surface area (Å²) in [5, 5.41) is 8.09. The monoisotopic (exact) mass is 284 g/mol. The normalized spacial score (nSPS) is 9.45. The predicted molar refractivity (Wildman–Crippen MR) is 72.5 cm³/mol. The number of benzene rings is 1. The Morgan fingerprint density at radius 2 is 1.85 bits per heavy atom. The van der Waals surface area contributed by atoms with Gasteiger partial charge in [-0.2, -0.15) is 0 Å². The molecule has 0 aliphatic heterocycles. The summed E-state index contributed by atoms with van der Waals surface area (Å²) in [5.41, 5.74) is 1.22. The van der Waals surface area contributed by atoms with E-state index in [0.29, 0.717) is 12.9 Å². The van der Waals surface area contributed by atoms with Crippen molar-refractivity contribution >= 4 is 12.3 Å². The largest absolute Gasteiger partial charge is 0.480 e. The molecular formula is C14H20O6. The second-order valence-corrected chi connectivity index (χ2v) is 3.61. The van der Waals surface area contributed by atoms with E-state index in [1.165, 1.54) is 5.56 Å². The summed E-state index contributed by atoms with van der Waals surface area (Å²) < 4.78 is 14.2. The molecule has 112 valence electrons. The van der Waals surface area contributed by atoms with E-state index in [4.69, 9.17) is 9.84 Å². The fourth-order valence-corrected chi connectivity index (χ4v) is 1.15. The van der Waals surface area contributed by atoms with E-state index in [1.54, 1.807) is 7.11 Å². The van der Waals surface area contributed by atoms with Crippen molar-refractivity contribution in [2.45, 2.75) is 6.61 Å². The maximum absolute atomic E-state index is 9.87. The van der Waals surface area contributed by atoms with Gasteiger partial charge in [-0.1, -0.05) is 30.3 Å². The minimum atomic E-state index is -1.01. The highest BCUT2D eigenvalue weighted by atomic mass is 16.5. The van der Waals surface area contributed by atoms with Gasteiger partial charge in [-0.05, 0) is 5.56 Å². The van der Waals surface area contributed by atoms with E-state index in [-0.39, 0.29) is 26.4 Å². The number of carbonyl (C=O) groups excluding carboxylic acids is 1. The average molecular weight is 284 g/mol. The SMILES string of the molecule is COCc1ccccc1.O=CCOCCOCC(=O)O. The first-order chi connectivity index (χ1) is 9.70. The molecule has 0 aromatic heterocycles. The van der Waals surface area contributed by atoms with Crippen LogP contribution in [0.3, 0.4) is 0 Å². The van der Waals surface area contributed by atoms with E-state index >= 15 is 0 Å². The van der Waals surface area contributed by atoms with Gasteiger partial charge >= 0.3 is 5.97 Å². The fourth-order valence-electron chi connectivity index (χ4n) is 1.15. The zero-order valence-corrected chi connectivity index (χ0v) is 11.5. The maximum Gasteiger partial charge on any atom is 0.329 e. The number of carboxylic acid groups (broad SMARTS) is 1. The van der Waals surface area contributed by atoms with Crippen LogP contribution in [0.4, 0.5) is 0 Å². The van der Waals surface area contributed by atoms with Crippen molar-refractivity contribution in [2.75, 3.05) is 33.5 Å². The number of aldehydes is 1. The Kier molecular flexibility index (Phi) is 12.5. The van der Waals surface area contributed by atoms with Crippen molar-refractivity contribution in [1.29, 1.82) is 0 Å². The highest BCUT2D eigenvalue weighted by Crippen LogP contribution is 1.98. The third kappa shape index (κ3) is 12.7. The summed E-state index contributed by atoms with van der Waals surface area (Å²) in [7, 11) is 1.70. The minimum Gasteiger partial charge on any atom is -0.480 e. The molecule has 1 aromatic rings. The van der Waals surface area contributed by atoms with Gasteiger partial charge < -0.3 is 24.1 Å². The van der Waals surface area contributed by atoms with Gasteiger partial charge in [-0.15, -0.1) is 0 Å². The summed E-state index contributed by atoms with van der Waals surface area (Å²) in [6.45, 7) is 0.841. The van der Waals surface area contributed by atoms with Crippen LogP contribution in [-0.4, -0.2) is 50.9 Å². The standard InChI is InChI=1S/C8H10O.C6H10O5/c1-9-7-8-5-3-2-4-6-8;7-1-2-10-3-4-11-5-6(8)9/h2-6H,7H2,1H3;1H,2-5H2,(H,8,9). The van der Waals surface area contributed by atoms with Crippen molar-refractivity contribution in [3.63, 3.8) is 0 Å². The number of methoxy groups -OCH3 is 1. The molecule has 0 fully saturated rings. The van der Waals surface area contributed by atoms with Crippen molar-refractivity contribution in [3.05, 3.63) is 35.9 Å². The van der Waals surface area contributed by atoms with E-state index in [0.717, 1.165) is 0 Å². The van der Waals surface area contributed by atoms with Crippen LogP contribution in [0, 0.1) is 0 Å². The van der Waals surface area contributed by atoms with Crippen molar-refractivity contribution in [1.82, 2.24) is 0 Å². The molecule has 1 aromatic carbocycles. The molecule has 0 heterocycles. The highest BCUT2D eigenvalue weighted by Gasteiger charge is 1.94. The Morgan fingerprint density at radius 3 is 2.40 bits per heavy atom. The summed E-state index contributed by atoms with van der Waals surface area (Å²) in [5.74, 6) is -1.01. The van der Waals surface area contributed by atoms with Crippen LogP contribution in [0.15, 0.2) is 30.3 Å². The molecule has 6 nitrogen and oxygen atoms in total. The molecule has 0 atom stereocenters. The summed E-state index contributed by atoms with van der Waals surface area (Å²) in [4.78, 5) is 19.6. The predicted octanol–water partition coefficient (Wildman–Crippen LogP) is 1.14. The molecular weight excluding hydrogens is 264 g/mol. The lowest BCUT2D eigenvalue weighted by atomic mass is 10.2. The van der Waals surface area contributed by atoms with Crippen LogP contribution in [0.1, 0.15) is 5.56 Å². The lowest BCUT2D eigenvalue weighted by Crippen LogP contribution is -2.11. The Hall–Kier alpha value is -1.76. The molecule has 0 saturated heterocycles. The van der Waals surface area contributed by atoms with Crippen molar-refractivity contribution < 1.29 is 28.9 Å². The highest BCUT2D eigenvalue weighted by molar-refractivity contribution is 5.67. The van der Waals surface area contributed by atoms with Gasteiger partial charge in [0, 0.05) is 7.11 Å². The van der Waals surface area contributed by atoms with Crippen LogP contribution >= 0.6 is 0 Å². The first-order valence-corrected chi connectivity index (χ1v) is 6.04. The Bertz CT molecular complexity index is 352. The fraction of sp³-hybridized carbons (Fsp3) is 0.429. The van der Waals surface area contributed by atoms with Crippen LogP contribution in [0.2, 0.25) is 0 Å². The molecule has 20 heavy (non-hydrogen) atoms. The molecule has 1 N–H and O–H groups in total. The minimum absolute atomic E-state index is 0.0242. The summed E-state index contributed by atoms with van der Waals surface area (Å²) >= 11 is 0. The van der Waals surface area contributed by atoms with Gasteiger partial charge in [-0.25, -0.2) is 4.79 Å². The van der Waals surface area contributed by atoms with Gasteiger partial charge in [-0.3, -0.25) is 0 Å². The number of rotatable bonds is 9. The molecule has 6 heteroatoms. The van der Waals surface area contributed by atoms with E-state index in [2.05, 4.69) is 9.47 Å². The zero-order chi connectivity index (χ0) is 15.1. The lowest BCUT2D eigenvalue weighted by Gasteiger charge is -1.99. The number of hydrogen-bond acceptors (Lipinski definition) is 5. The van der Waals surface area contributed by atoms with Gasteiger partial charge in [0.25, 0.3) is 0 Å². The van der Waals surface area contributed by atoms with E-state index < -0.39 is 5.97 Å². The number of carbonyl (C=O) groups is 2. The van der Waals surface area contributed by atoms with Crippen molar-refractivity contribution in [3.8, 4) is 0 Å². The molecule has 0 radical (unpaired) electrons. The topological polar surface area (TPSA) is 82.1 Å². The van der Waals surface area contributed by atoms with Gasteiger partial charge in [0.1, 0.15) is 19.5 Å². The van der Waals surface area contributed by atoms with Crippen LogP contribution in [-0.2, 0) is 30.4 Å². The second-order valence-electron chi connectivity index (χ2n) is 3.61. The number of ether oxygens (including phenoxy) is 3. The van der Waals surface area contributed by atoms with Gasteiger partial charge in [0.15, 0.2) is 0 Å². The zero-order valence-electron chi connectivity index (χ0n) is 11.5. The second kappa shape index (κ2) is 13.7. The molecule has 0 saturated carbocycles. The van der Waals surface area contributed by atoms with Crippen molar-refractivity contribution in [2.24, 2.45) is 0 Å². The first kappa shape index (κ1) is 18.2. The number of carboxylic acids is 1.